The number of benzene rings is 1. The average Bonchev–Trinajstić information content (AvgIpc) is 2.29. The maximum atomic E-state index is 9.61. The van der Waals surface area contributed by atoms with Gasteiger partial charge in [0.2, 0.25) is 0 Å². The normalized spacial score (nSPS) is 11.2. The topological polar surface area (TPSA) is 73.9 Å². The Bertz CT molecular complexity index is 399. The molecule has 18 heavy (non-hydrogen) atoms. The highest BCUT2D eigenvalue weighted by atomic mass is 16.5. The van der Waals surface area contributed by atoms with Crippen LogP contribution in [0.25, 0.3) is 0 Å². The summed E-state index contributed by atoms with van der Waals surface area (Å²) >= 11 is 0. The fourth-order valence-corrected chi connectivity index (χ4v) is 1.42. The Morgan fingerprint density at radius 1 is 1.22 bits per heavy atom. The third kappa shape index (κ3) is 4.00. The molecule has 0 amide bonds. The highest BCUT2D eigenvalue weighted by Crippen LogP contribution is 2.37. The van der Waals surface area contributed by atoms with Crippen molar-refractivity contribution in [2.45, 2.75) is 25.9 Å². The number of hydrogen-bond donors (Lipinski definition) is 2. The molecule has 0 aromatic heterocycles. The summed E-state index contributed by atoms with van der Waals surface area (Å²) in [4.78, 5) is 0. The van der Waals surface area contributed by atoms with E-state index in [4.69, 9.17) is 19.9 Å². The number of methoxy groups -OCH3 is 2. The van der Waals surface area contributed by atoms with Gasteiger partial charge in [-0.05, 0) is 13.8 Å². The molecule has 0 spiro atoms. The smallest absolute Gasteiger partial charge is 0.184 e. The standard InChI is InChI=1S/C13H21NO4/c1-13(2,15)5-6-18-12-10(14)7-9(16-3)8-11(12)17-4/h7-8,15H,5-6,14H2,1-4H3. The van der Waals surface area contributed by atoms with Gasteiger partial charge in [0.05, 0.1) is 32.1 Å². The summed E-state index contributed by atoms with van der Waals surface area (Å²) in [7, 11) is 3.10. The second-order valence-electron chi connectivity index (χ2n) is 4.66. The first-order valence-corrected chi connectivity index (χ1v) is 5.74. The van der Waals surface area contributed by atoms with Gasteiger partial charge in [-0.3, -0.25) is 0 Å². The molecule has 0 radical (unpaired) electrons. The van der Waals surface area contributed by atoms with Crippen molar-refractivity contribution in [3.8, 4) is 17.2 Å². The highest BCUT2D eigenvalue weighted by Gasteiger charge is 2.15. The molecular weight excluding hydrogens is 234 g/mol. The summed E-state index contributed by atoms with van der Waals surface area (Å²) in [5.41, 5.74) is 5.55. The quantitative estimate of drug-likeness (QED) is 0.758. The van der Waals surface area contributed by atoms with Crippen LogP contribution in [0.4, 0.5) is 5.69 Å². The largest absolute Gasteiger partial charge is 0.497 e. The number of rotatable bonds is 6. The van der Waals surface area contributed by atoms with Crippen molar-refractivity contribution in [1.29, 1.82) is 0 Å². The van der Waals surface area contributed by atoms with Crippen molar-refractivity contribution in [1.82, 2.24) is 0 Å². The Morgan fingerprint density at radius 3 is 2.39 bits per heavy atom. The van der Waals surface area contributed by atoms with E-state index in [9.17, 15) is 5.11 Å². The summed E-state index contributed by atoms with van der Waals surface area (Å²) in [6.45, 7) is 3.81. The lowest BCUT2D eigenvalue weighted by atomic mass is 10.1. The SMILES string of the molecule is COc1cc(N)c(OCCC(C)(C)O)c(OC)c1. The van der Waals surface area contributed by atoms with Gasteiger partial charge in [0.15, 0.2) is 11.5 Å². The van der Waals surface area contributed by atoms with Gasteiger partial charge in [0.25, 0.3) is 0 Å². The van der Waals surface area contributed by atoms with Crippen LogP contribution in [0.2, 0.25) is 0 Å². The lowest BCUT2D eigenvalue weighted by Crippen LogP contribution is -2.22. The lowest BCUT2D eigenvalue weighted by molar-refractivity contribution is 0.0550. The summed E-state index contributed by atoms with van der Waals surface area (Å²) < 4.78 is 15.9. The predicted molar refractivity (Wildman–Crippen MR) is 70.4 cm³/mol. The number of ether oxygens (including phenoxy) is 3. The first-order valence-electron chi connectivity index (χ1n) is 5.74. The molecule has 1 rings (SSSR count). The maximum Gasteiger partial charge on any atom is 0.184 e. The molecule has 3 N–H and O–H groups in total. The summed E-state index contributed by atoms with van der Waals surface area (Å²) in [5.74, 6) is 1.60. The number of nitrogen functional groups attached to an aromatic ring is 1. The Morgan fingerprint density at radius 2 is 1.89 bits per heavy atom. The van der Waals surface area contributed by atoms with Gasteiger partial charge in [-0.25, -0.2) is 0 Å². The van der Waals surface area contributed by atoms with Gasteiger partial charge >= 0.3 is 0 Å². The Balaban J connectivity index is 2.81. The maximum absolute atomic E-state index is 9.61. The Labute approximate surface area is 107 Å². The van der Waals surface area contributed by atoms with Crippen molar-refractivity contribution >= 4 is 5.69 Å². The zero-order valence-corrected chi connectivity index (χ0v) is 11.3. The Hall–Kier alpha value is -1.62. The molecule has 0 bridgehead atoms. The molecule has 0 heterocycles. The van der Waals surface area contributed by atoms with Gasteiger partial charge in [0, 0.05) is 18.6 Å². The lowest BCUT2D eigenvalue weighted by Gasteiger charge is -2.19. The van der Waals surface area contributed by atoms with Crippen molar-refractivity contribution < 1.29 is 19.3 Å². The fourth-order valence-electron chi connectivity index (χ4n) is 1.42. The molecule has 0 aliphatic rings. The first kappa shape index (κ1) is 14.4. The summed E-state index contributed by atoms with van der Waals surface area (Å²) in [6.07, 6.45) is 0.502. The molecule has 1 aromatic carbocycles. The van der Waals surface area contributed by atoms with E-state index in [1.54, 1.807) is 33.1 Å². The summed E-state index contributed by atoms with van der Waals surface area (Å²) in [6, 6.07) is 3.37. The average molecular weight is 255 g/mol. The van der Waals surface area contributed by atoms with Gasteiger partial charge in [-0.2, -0.15) is 0 Å². The van der Waals surface area contributed by atoms with Crippen LogP contribution in [0, 0.1) is 0 Å². The second-order valence-corrected chi connectivity index (χ2v) is 4.66. The molecule has 0 fully saturated rings. The number of anilines is 1. The van der Waals surface area contributed by atoms with Gasteiger partial charge < -0.3 is 25.1 Å². The van der Waals surface area contributed by atoms with Crippen LogP contribution in [0.1, 0.15) is 20.3 Å². The van der Waals surface area contributed by atoms with Crippen LogP contribution in [0.5, 0.6) is 17.2 Å². The molecule has 0 aliphatic heterocycles. The number of nitrogens with two attached hydrogens (primary N) is 1. The van der Waals surface area contributed by atoms with E-state index in [1.165, 1.54) is 7.11 Å². The number of aliphatic hydroxyl groups is 1. The van der Waals surface area contributed by atoms with E-state index in [-0.39, 0.29) is 0 Å². The molecule has 0 atom stereocenters. The van der Waals surface area contributed by atoms with E-state index >= 15 is 0 Å². The van der Waals surface area contributed by atoms with E-state index in [0.29, 0.717) is 36.0 Å². The minimum absolute atomic E-state index is 0.358. The molecule has 0 aliphatic carbocycles. The van der Waals surface area contributed by atoms with Crippen LogP contribution in [0.15, 0.2) is 12.1 Å². The van der Waals surface area contributed by atoms with Crippen LogP contribution in [-0.4, -0.2) is 31.5 Å². The molecule has 0 saturated carbocycles. The molecular formula is C13H21NO4. The van der Waals surface area contributed by atoms with Crippen molar-refractivity contribution in [3.05, 3.63) is 12.1 Å². The fraction of sp³-hybridized carbons (Fsp3) is 0.538. The van der Waals surface area contributed by atoms with Gasteiger partial charge in [0.1, 0.15) is 5.75 Å². The van der Waals surface area contributed by atoms with Crippen LogP contribution in [0.3, 0.4) is 0 Å². The second kappa shape index (κ2) is 5.82. The van der Waals surface area contributed by atoms with Crippen molar-refractivity contribution in [2.75, 3.05) is 26.6 Å². The number of hydrogen-bond acceptors (Lipinski definition) is 5. The first-order chi connectivity index (χ1) is 8.37. The molecule has 0 saturated heterocycles. The van der Waals surface area contributed by atoms with E-state index in [1.807, 2.05) is 0 Å². The van der Waals surface area contributed by atoms with Crippen LogP contribution in [-0.2, 0) is 0 Å². The molecule has 1 aromatic rings. The van der Waals surface area contributed by atoms with Gasteiger partial charge in [-0.1, -0.05) is 0 Å². The third-order valence-electron chi connectivity index (χ3n) is 2.47. The van der Waals surface area contributed by atoms with E-state index in [2.05, 4.69) is 0 Å². The Kier molecular flexibility index (Phi) is 4.67. The summed E-state index contributed by atoms with van der Waals surface area (Å²) in [5, 5.41) is 9.61. The zero-order valence-electron chi connectivity index (χ0n) is 11.3. The molecule has 5 nitrogen and oxygen atoms in total. The third-order valence-corrected chi connectivity index (χ3v) is 2.47. The zero-order chi connectivity index (χ0) is 13.8. The monoisotopic (exact) mass is 255 g/mol. The van der Waals surface area contributed by atoms with Crippen LogP contribution >= 0.6 is 0 Å². The predicted octanol–water partition coefficient (Wildman–Crippen LogP) is 1.83. The van der Waals surface area contributed by atoms with E-state index < -0.39 is 5.60 Å². The van der Waals surface area contributed by atoms with Crippen molar-refractivity contribution in [2.24, 2.45) is 0 Å². The minimum Gasteiger partial charge on any atom is -0.497 e. The molecule has 102 valence electrons. The van der Waals surface area contributed by atoms with E-state index in [0.717, 1.165) is 0 Å². The molecule has 0 unspecified atom stereocenters. The van der Waals surface area contributed by atoms with Gasteiger partial charge in [-0.15, -0.1) is 0 Å². The molecule has 5 heteroatoms. The van der Waals surface area contributed by atoms with Crippen molar-refractivity contribution in [3.63, 3.8) is 0 Å². The highest BCUT2D eigenvalue weighted by molar-refractivity contribution is 5.63. The van der Waals surface area contributed by atoms with Crippen LogP contribution < -0.4 is 19.9 Å². The minimum atomic E-state index is -0.769.